The normalized spacial score (nSPS) is 20.9. The predicted molar refractivity (Wildman–Crippen MR) is 112 cm³/mol. The molecule has 7 heteroatoms. The molecule has 1 aromatic heterocycles. The van der Waals surface area contributed by atoms with Crippen LogP contribution in [0.2, 0.25) is 5.02 Å². The Morgan fingerprint density at radius 2 is 2.11 bits per heavy atom. The van der Waals surface area contributed by atoms with Crippen LogP contribution < -0.4 is 0 Å². The van der Waals surface area contributed by atoms with Gasteiger partial charge in [0.25, 0.3) is 0 Å². The highest BCUT2D eigenvalue weighted by atomic mass is 35.5. The van der Waals surface area contributed by atoms with Crippen molar-refractivity contribution in [3.05, 3.63) is 45.4 Å². The molecule has 0 amide bonds. The molecule has 0 saturated carbocycles. The highest BCUT2D eigenvalue weighted by molar-refractivity contribution is 7.11. The van der Waals surface area contributed by atoms with Gasteiger partial charge in [0.05, 0.1) is 17.8 Å². The van der Waals surface area contributed by atoms with Crippen molar-refractivity contribution in [3.8, 4) is 11.3 Å². The molecule has 4 rings (SSSR count). The summed E-state index contributed by atoms with van der Waals surface area (Å²) in [5, 5.41) is 22.5. The highest BCUT2D eigenvalue weighted by Crippen LogP contribution is 2.33. The zero-order chi connectivity index (χ0) is 19.0. The fraction of sp³-hybridized carbons (Fsp3) is 0.400. The van der Waals surface area contributed by atoms with Crippen LogP contribution in [0, 0.1) is 5.41 Å². The smallest absolute Gasteiger partial charge is 0.135 e. The summed E-state index contributed by atoms with van der Waals surface area (Å²) in [6.45, 7) is 5.54. The monoisotopic (exact) mass is 402 g/mol. The molecule has 1 aromatic carbocycles. The lowest BCUT2D eigenvalue weighted by molar-refractivity contribution is 0.222. The molecule has 0 bridgehead atoms. The zero-order valence-corrected chi connectivity index (χ0v) is 16.9. The van der Waals surface area contributed by atoms with E-state index in [0.717, 1.165) is 37.3 Å². The number of nitrogens with zero attached hydrogens (tertiary/aromatic N) is 3. The number of aliphatic hydroxyl groups excluding tert-OH is 1. The van der Waals surface area contributed by atoms with Crippen LogP contribution in [0.3, 0.4) is 0 Å². The summed E-state index contributed by atoms with van der Waals surface area (Å²) in [5.74, 6) is 0.630. The van der Waals surface area contributed by atoms with Crippen molar-refractivity contribution in [2.45, 2.75) is 25.8 Å². The standard InChI is InChI=1S/C20H23ClN4OS/c1-2-24-9-3-4-15(24)10-25-11-17(26)18(19(25)22)20-23-16(12-27-20)13-5-7-14(21)8-6-13/h5-8,12,15,22,26H,2-4,9-11H2,1H3/t15-/m1/s1. The van der Waals surface area contributed by atoms with Crippen molar-refractivity contribution in [3.63, 3.8) is 0 Å². The van der Waals surface area contributed by atoms with Crippen LogP contribution >= 0.6 is 22.9 Å². The van der Waals surface area contributed by atoms with Crippen molar-refractivity contribution in [2.24, 2.45) is 0 Å². The van der Waals surface area contributed by atoms with E-state index in [4.69, 9.17) is 17.0 Å². The van der Waals surface area contributed by atoms with Crippen molar-refractivity contribution >= 4 is 34.3 Å². The van der Waals surface area contributed by atoms with Gasteiger partial charge in [-0.2, -0.15) is 0 Å². The van der Waals surface area contributed by atoms with Gasteiger partial charge >= 0.3 is 0 Å². The summed E-state index contributed by atoms with van der Waals surface area (Å²) in [5.41, 5.74) is 2.39. The van der Waals surface area contributed by atoms with Gasteiger partial charge in [0.15, 0.2) is 0 Å². The van der Waals surface area contributed by atoms with E-state index >= 15 is 0 Å². The van der Waals surface area contributed by atoms with Crippen molar-refractivity contribution in [1.29, 1.82) is 5.41 Å². The summed E-state index contributed by atoms with van der Waals surface area (Å²) in [6.07, 6.45) is 2.37. The first kappa shape index (κ1) is 18.5. The molecule has 27 heavy (non-hydrogen) atoms. The number of benzene rings is 1. The minimum atomic E-state index is 0.248. The molecule has 2 aliphatic heterocycles. The van der Waals surface area contributed by atoms with Crippen LogP contribution in [0.5, 0.6) is 0 Å². The number of rotatable bonds is 5. The van der Waals surface area contributed by atoms with Crippen molar-refractivity contribution in [2.75, 3.05) is 26.2 Å². The summed E-state index contributed by atoms with van der Waals surface area (Å²) in [6, 6.07) is 8.01. The van der Waals surface area contributed by atoms with Gasteiger partial charge in [0.1, 0.15) is 16.6 Å². The summed E-state index contributed by atoms with van der Waals surface area (Å²) >= 11 is 7.42. The van der Waals surface area contributed by atoms with E-state index in [1.807, 2.05) is 34.5 Å². The third kappa shape index (κ3) is 3.61. The molecule has 5 nitrogen and oxygen atoms in total. The van der Waals surface area contributed by atoms with Gasteiger partial charge in [-0.1, -0.05) is 30.7 Å². The first-order valence-electron chi connectivity index (χ1n) is 9.28. The lowest BCUT2D eigenvalue weighted by Crippen LogP contribution is -2.41. The largest absolute Gasteiger partial charge is 0.510 e. The number of hydrogen-bond acceptors (Lipinski definition) is 5. The molecule has 2 aromatic rings. The van der Waals surface area contributed by atoms with Gasteiger partial charge < -0.3 is 10.0 Å². The maximum absolute atomic E-state index is 10.5. The Kier molecular flexibility index (Phi) is 5.21. The molecule has 2 aliphatic rings. The zero-order valence-electron chi connectivity index (χ0n) is 15.3. The highest BCUT2D eigenvalue weighted by Gasteiger charge is 2.33. The van der Waals surface area contributed by atoms with E-state index in [9.17, 15) is 5.11 Å². The maximum atomic E-state index is 10.5. The number of aliphatic hydroxyl groups is 1. The molecule has 1 atom stereocenters. The fourth-order valence-electron chi connectivity index (χ4n) is 3.93. The molecule has 0 radical (unpaired) electrons. The van der Waals surface area contributed by atoms with Crippen LogP contribution in [0.1, 0.15) is 24.8 Å². The lowest BCUT2D eigenvalue weighted by atomic mass is 10.2. The first-order chi connectivity index (χ1) is 13.1. The minimum Gasteiger partial charge on any atom is -0.510 e. The topological polar surface area (TPSA) is 63.5 Å². The van der Waals surface area contributed by atoms with Gasteiger partial charge in [-0.15, -0.1) is 11.3 Å². The Morgan fingerprint density at radius 1 is 1.33 bits per heavy atom. The van der Waals surface area contributed by atoms with Gasteiger partial charge in [0, 0.05) is 28.6 Å². The van der Waals surface area contributed by atoms with Crippen molar-refractivity contribution in [1.82, 2.24) is 14.8 Å². The van der Waals surface area contributed by atoms with E-state index in [1.165, 1.54) is 17.8 Å². The summed E-state index contributed by atoms with van der Waals surface area (Å²) in [7, 11) is 0. The second kappa shape index (κ2) is 7.62. The molecule has 2 N–H and O–H groups in total. The Labute approximate surface area is 168 Å². The number of likely N-dealkylation sites (N-methyl/N-ethyl adjacent to an activating group) is 1. The Bertz CT molecular complexity index is 876. The van der Waals surface area contributed by atoms with Crippen molar-refractivity contribution < 1.29 is 5.11 Å². The second-order valence-electron chi connectivity index (χ2n) is 7.02. The van der Waals surface area contributed by atoms with E-state index < -0.39 is 0 Å². The third-order valence-electron chi connectivity index (χ3n) is 5.38. The molecule has 0 aliphatic carbocycles. The predicted octanol–water partition coefficient (Wildman–Crippen LogP) is 4.51. The van der Waals surface area contributed by atoms with E-state index in [-0.39, 0.29) is 5.76 Å². The van der Waals surface area contributed by atoms with Gasteiger partial charge in [-0.3, -0.25) is 10.3 Å². The third-order valence-corrected chi connectivity index (χ3v) is 6.49. The molecule has 0 unspecified atom stereocenters. The quantitative estimate of drug-likeness (QED) is 0.772. The number of halogens is 1. The number of likely N-dealkylation sites (tertiary alicyclic amines) is 1. The first-order valence-corrected chi connectivity index (χ1v) is 10.5. The van der Waals surface area contributed by atoms with Crippen LogP contribution in [0.25, 0.3) is 16.8 Å². The Morgan fingerprint density at radius 3 is 2.85 bits per heavy atom. The maximum Gasteiger partial charge on any atom is 0.135 e. The van der Waals surface area contributed by atoms with Crippen LogP contribution in [-0.2, 0) is 0 Å². The van der Waals surface area contributed by atoms with Gasteiger partial charge in [-0.25, -0.2) is 4.98 Å². The number of hydrogen-bond donors (Lipinski definition) is 2. The summed E-state index contributed by atoms with van der Waals surface area (Å²) < 4.78 is 0. The van der Waals surface area contributed by atoms with E-state index in [0.29, 0.717) is 34.0 Å². The Balaban J connectivity index is 1.51. The number of thiazole rings is 1. The summed E-state index contributed by atoms with van der Waals surface area (Å²) in [4.78, 5) is 9.11. The van der Waals surface area contributed by atoms with Crippen LogP contribution in [-0.4, -0.2) is 57.9 Å². The molecule has 0 spiro atoms. The minimum absolute atomic E-state index is 0.248. The molecule has 1 fully saturated rings. The van der Waals surface area contributed by atoms with Crippen LogP contribution in [0.4, 0.5) is 0 Å². The SMILES string of the molecule is CCN1CCC[C@@H]1CN1CC(O)=C(c2nc(-c3ccc(Cl)cc3)cs2)C1=N. The van der Waals surface area contributed by atoms with Crippen LogP contribution in [0.15, 0.2) is 35.4 Å². The number of amidine groups is 1. The van der Waals surface area contributed by atoms with E-state index in [1.54, 1.807) is 0 Å². The molecular weight excluding hydrogens is 380 g/mol. The average Bonchev–Trinajstić information content (AvgIpc) is 3.36. The number of nitrogens with one attached hydrogen (secondary N) is 1. The average molecular weight is 403 g/mol. The molecule has 142 valence electrons. The molecule has 3 heterocycles. The fourth-order valence-corrected chi connectivity index (χ4v) is 4.95. The lowest BCUT2D eigenvalue weighted by Gasteiger charge is -2.28. The molecule has 1 saturated heterocycles. The van der Waals surface area contributed by atoms with E-state index in [2.05, 4.69) is 16.8 Å². The second-order valence-corrected chi connectivity index (χ2v) is 8.31. The molecular formula is C20H23ClN4OS. The van der Waals surface area contributed by atoms with Gasteiger partial charge in [-0.05, 0) is 38.1 Å². The number of aromatic nitrogens is 1. The Hall–Kier alpha value is -1.89. The van der Waals surface area contributed by atoms with Gasteiger partial charge in [0.2, 0.25) is 0 Å².